The van der Waals surface area contributed by atoms with Crippen LogP contribution in [0.3, 0.4) is 0 Å². The van der Waals surface area contributed by atoms with Crippen molar-refractivity contribution in [2.75, 3.05) is 50.1 Å². The van der Waals surface area contributed by atoms with Gasteiger partial charge in [0.1, 0.15) is 11.6 Å². The fraction of sp³-hybridized carbons (Fsp3) is 0.350. The molecule has 2 aromatic carbocycles. The Balaban J connectivity index is 1.46. The minimum atomic E-state index is -0.215. The van der Waals surface area contributed by atoms with Crippen LogP contribution in [0.4, 0.5) is 15.8 Å². The maximum atomic E-state index is 13.9. The summed E-state index contributed by atoms with van der Waals surface area (Å²) in [5, 5.41) is 3.24. The molecule has 1 amide bonds. The molecule has 1 saturated heterocycles. The highest BCUT2D eigenvalue weighted by Gasteiger charge is 2.22. The topological polar surface area (TPSA) is 44.8 Å². The van der Waals surface area contributed by atoms with Gasteiger partial charge >= 0.3 is 0 Å². The number of nitrogens with one attached hydrogen (secondary N) is 1. The lowest BCUT2D eigenvalue weighted by molar-refractivity contribution is -0.131. The first-order valence-corrected chi connectivity index (χ1v) is 8.83. The molecule has 2 aromatic rings. The van der Waals surface area contributed by atoms with Gasteiger partial charge in [-0.25, -0.2) is 4.39 Å². The molecule has 0 aromatic heterocycles. The predicted octanol–water partition coefficient (Wildman–Crippen LogP) is 2.99. The van der Waals surface area contributed by atoms with Crippen LogP contribution in [0.5, 0.6) is 5.75 Å². The number of carbonyl (C=O) groups excluding carboxylic acids is 1. The van der Waals surface area contributed by atoms with Crippen LogP contribution in [0.1, 0.15) is 6.42 Å². The summed E-state index contributed by atoms with van der Waals surface area (Å²) >= 11 is 0. The van der Waals surface area contributed by atoms with Crippen LogP contribution in [0.25, 0.3) is 0 Å². The van der Waals surface area contributed by atoms with Crippen molar-refractivity contribution in [1.29, 1.82) is 0 Å². The van der Waals surface area contributed by atoms with Crippen molar-refractivity contribution in [1.82, 2.24) is 4.90 Å². The Morgan fingerprint density at radius 1 is 1.08 bits per heavy atom. The molecule has 5 nitrogen and oxygen atoms in total. The lowest BCUT2D eigenvalue weighted by atomic mass is 10.2. The average molecular weight is 357 g/mol. The zero-order valence-electron chi connectivity index (χ0n) is 15.0. The lowest BCUT2D eigenvalue weighted by Gasteiger charge is -2.36. The third-order valence-electron chi connectivity index (χ3n) is 4.59. The van der Waals surface area contributed by atoms with E-state index < -0.39 is 0 Å². The zero-order chi connectivity index (χ0) is 18.4. The number of hydrogen-bond acceptors (Lipinski definition) is 4. The van der Waals surface area contributed by atoms with Gasteiger partial charge in [-0.15, -0.1) is 0 Å². The summed E-state index contributed by atoms with van der Waals surface area (Å²) in [5.41, 5.74) is 1.49. The molecular formula is C20H24FN3O2. The fourth-order valence-corrected chi connectivity index (χ4v) is 3.16. The highest BCUT2D eigenvalue weighted by Crippen LogP contribution is 2.23. The number of amides is 1. The minimum absolute atomic E-state index is 0.112. The first-order chi connectivity index (χ1) is 12.7. The Hall–Kier alpha value is -2.76. The second kappa shape index (κ2) is 8.56. The molecule has 3 rings (SSSR count). The normalized spacial score (nSPS) is 14.2. The summed E-state index contributed by atoms with van der Waals surface area (Å²) in [7, 11) is 1.63. The third kappa shape index (κ3) is 4.25. The number of methoxy groups -OCH3 is 1. The number of carbonyl (C=O) groups is 1. The van der Waals surface area contributed by atoms with Crippen molar-refractivity contribution in [3.8, 4) is 5.75 Å². The van der Waals surface area contributed by atoms with Gasteiger partial charge in [0.15, 0.2) is 0 Å². The Morgan fingerprint density at radius 3 is 2.50 bits per heavy atom. The Kier molecular flexibility index (Phi) is 5.94. The number of benzene rings is 2. The van der Waals surface area contributed by atoms with Crippen molar-refractivity contribution in [2.24, 2.45) is 0 Å². The second-order valence-corrected chi connectivity index (χ2v) is 6.20. The molecule has 1 heterocycles. The second-order valence-electron chi connectivity index (χ2n) is 6.20. The quantitative estimate of drug-likeness (QED) is 0.863. The van der Waals surface area contributed by atoms with Crippen molar-refractivity contribution in [2.45, 2.75) is 6.42 Å². The van der Waals surface area contributed by atoms with Crippen molar-refractivity contribution >= 4 is 17.3 Å². The highest BCUT2D eigenvalue weighted by molar-refractivity contribution is 5.77. The smallest absolute Gasteiger partial charge is 0.224 e. The van der Waals surface area contributed by atoms with Gasteiger partial charge in [-0.3, -0.25) is 4.79 Å². The van der Waals surface area contributed by atoms with Gasteiger partial charge in [0, 0.05) is 39.1 Å². The number of rotatable bonds is 6. The van der Waals surface area contributed by atoms with Crippen LogP contribution in [0.2, 0.25) is 0 Å². The molecule has 1 N–H and O–H groups in total. The summed E-state index contributed by atoms with van der Waals surface area (Å²) in [6.07, 6.45) is 0.414. The number of para-hydroxylation sites is 3. The Bertz CT molecular complexity index is 745. The standard InChI is InChI=1S/C20H24FN3O2/c1-26-19-9-5-3-7-17(19)22-11-10-20(25)24-14-12-23(13-15-24)18-8-4-2-6-16(18)21/h2-9,22H,10-15H2,1H3. The molecule has 6 heteroatoms. The third-order valence-corrected chi connectivity index (χ3v) is 4.59. The number of nitrogens with zero attached hydrogens (tertiary/aromatic N) is 2. The van der Waals surface area contributed by atoms with Gasteiger partial charge < -0.3 is 19.9 Å². The maximum absolute atomic E-state index is 13.9. The first-order valence-electron chi connectivity index (χ1n) is 8.83. The van der Waals surface area contributed by atoms with E-state index >= 15 is 0 Å². The van der Waals surface area contributed by atoms with E-state index in [1.807, 2.05) is 40.1 Å². The van der Waals surface area contributed by atoms with E-state index in [0.717, 1.165) is 11.4 Å². The summed E-state index contributed by atoms with van der Waals surface area (Å²) < 4.78 is 19.2. The molecule has 26 heavy (non-hydrogen) atoms. The van der Waals surface area contributed by atoms with Gasteiger partial charge in [0.05, 0.1) is 18.5 Å². The molecule has 0 aliphatic carbocycles. The van der Waals surface area contributed by atoms with E-state index in [1.54, 1.807) is 19.2 Å². The van der Waals surface area contributed by atoms with Gasteiger partial charge in [0.2, 0.25) is 5.91 Å². The van der Waals surface area contributed by atoms with Crippen molar-refractivity contribution in [3.05, 3.63) is 54.3 Å². The molecule has 0 bridgehead atoms. The van der Waals surface area contributed by atoms with Crippen LogP contribution in [-0.2, 0) is 4.79 Å². The number of ether oxygens (including phenoxy) is 1. The predicted molar refractivity (Wildman–Crippen MR) is 101 cm³/mol. The van der Waals surface area contributed by atoms with E-state index in [2.05, 4.69) is 5.32 Å². The molecular weight excluding hydrogens is 333 g/mol. The highest BCUT2D eigenvalue weighted by atomic mass is 19.1. The van der Waals surface area contributed by atoms with Crippen LogP contribution in [-0.4, -0.2) is 50.6 Å². The molecule has 0 radical (unpaired) electrons. The zero-order valence-corrected chi connectivity index (χ0v) is 15.0. The van der Waals surface area contributed by atoms with Gasteiger partial charge in [0.25, 0.3) is 0 Å². The summed E-state index contributed by atoms with van der Waals surface area (Å²) in [6.45, 7) is 3.07. The number of hydrogen-bond donors (Lipinski definition) is 1. The van der Waals surface area contributed by atoms with Crippen molar-refractivity contribution in [3.63, 3.8) is 0 Å². The van der Waals surface area contributed by atoms with Gasteiger partial charge in [-0.1, -0.05) is 24.3 Å². The molecule has 0 spiro atoms. The van der Waals surface area contributed by atoms with Crippen LogP contribution in [0, 0.1) is 5.82 Å². The minimum Gasteiger partial charge on any atom is -0.495 e. The summed E-state index contributed by atoms with van der Waals surface area (Å²) in [4.78, 5) is 16.3. The maximum Gasteiger partial charge on any atom is 0.224 e. The van der Waals surface area contributed by atoms with Crippen LogP contribution in [0.15, 0.2) is 48.5 Å². The fourth-order valence-electron chi connectivity index (χ4n) is 3.16. The van der Waals surface area contributed by atoms with E-state index in [4.69, 9.17) is 4.74 Å². The Labute approximate surface area is 153 Å². The SMILES string of the molecule is COc1ccccc1NCCC(=O)N1CCN(c2ccccc2F)CC1. The van der Waals surface area contributed by atoms with E-state index in [0.29, 0.717) is 44.8 Å². The number of halogens is 1. The molecule has 0 saturated carbocycles. The number of piperazine rings is 1. The lowest BCUT2D eigenvalue weighted by Crippen LogP contribution is -2.49. The largest absolute Gasteiger partial charge is 0.495 e. The van der Waals surface area contributed by atoms with Crippen molar-refractivity contribution < 1.29 is 13.9 Å². The van der Waals surface area contributed by atoms with Crippen LogP contribution >= 0.6 is 0 Å². The van der Waals surface area contributed by atoms with E-state index in [9.17, 15) is 9.18 Å². The monoisotopic (exact) mass is 357 g/mol. The summed E-state index contributed by atoms with van der Waals surface area (Å²) in [5.74, 6) is 0.660. The molecule has 1 aliphatic rings. The average Bonchev–Trinajstić information content (AvgIpc) is 2.69. The van der Waals surface area contributed by atoms with E-state index in [1.165, 1.54) is 6.07 Å². The molecule has 138 valence electrons. The molecule has 1 fully saturated rings. The Morgan fingerprint density at radius 2 is 1.77 bits per heavy atom. The molecule has 1 aliphatic heterocycles. The first kappa shape index (κ1) is 18.0. The van der Waals surface area contributed by atoms with Gasteiger partial charge in [-0.05, 0) is 24.3 Å². The molecule has 0 unspecified atom stereocenters. The molecule has 0 atom stereocenters. The van der Waals surface area contributed by atoms with Crippen LogP contribution < -0.4 is 15.0 Å². The van der Waals surface area contributed by atoms with E-state index in [-0.39, 0.29) is 11.7 Å². The van der Waals surface area contributed by atoms with Gasteiger partial charge in [-0.2, -0.15) is 0 Å². The number of anilines is 2. The summed E-state index contributed by atoms with van der Waals surface area (Å²) in [6, 6.07) is 14.4.